The molecule has 2 rings (SSSR count). The molecule has 0 saturated carbocycles. The highest BCUT2D eigenvalue weighted by Gasteiger charge is 2.12. The maximum absolute atomic E-state index is 6.07. The number of imidazole rings is 1. The molecule has 2 nitrogen and oxygen atoms in total. The lowest BCUT2D eigenvalue weighted by Gasteiger charge is -2.09. The van der Waals surface area contributed by atoms with Crippen LogP contribution in [-0.4, -0.2) is 9.55 Å². The van der Waals surface area contributed by atoms with Gasteiger partial charge in [0, 0.05) is 6.54 Å². The molecule has 0 aliphatic rings. The second-order valence-electron chi connectivity index (χ2n) is 4.75. The number of halogens is 3. The Morgan fingerprint density at radius 3 is 2.50 bits per heavy atom. The topological polar surface area (TPSA) is 17.8 Å². The van der Waals surface area contributed by atoms with Gasteiger partial charge in [0.15, 0.2) is 0 Å². The first-order valence-electron chi connectivity index (χ1n) is 5.93. The van der Waals surface area contributed by atoms with Crippen LogP contribution in [0.2, 0.25) is 10.0 Å². The quantitative estimate of drug-likeness (QED) is 0.716. The Morgan fingerprint density at radius 2 is 1.89 bits per heavy atom. The van der Waals surface area contributed by atoms with Crippen molar-refractivity contribution in [2.45, 2.75) is 32.7 Å². The summed E-state index contributed by atoms with van der Waals surface area (Å²) in [5.74, 6) is 1.89. The third-order valence-corrected chi connectivity index (χ3v) is 3.88. The number of hydrogen-bond donors (Lipinski definition) is 0. The van der Waals surface area contributed by atoms with Crippen LogP contribution in [0.4, 0.5) is 0 Å². The number of benzene rings is 1. The molecule has 1 aromatic carbocycles. The van der Waals surface area contributed by atoms with Crippen molar-refractivity contribution in [2.75, 3.05) is 0 Å². The summed E-state index contributed by atoms with van der Waals surface area (Å²) in [6, 6.07) is 3.66. The van der Waals surface area contributed by atoms with Crippen molar-refractivity contribution in [3.63, 3.8) is 0 Å². The van der Waals surface area contributed by atoms with Gasteiger partial charge in [0.2, 0.25) is 0 Å². The van der Waals surface area contributed by atoms with E-state index in [1.165, 1.54) is 0 Å². The van der Waals surface area contributed by atoms with E-state index in [1.54, 1.807) is 6.07 Å². The van der Waals surface area contributed by atoms with E-state index < -0.39 is 0 Å². The number of hydrogen-bond acceptors (Lipinski definition) is 1. The van der Waals surface area contributed by atoms with E-state index in [0.29, 0.717) is 21.8 Å². The Labute approximate surface area is 122 Å². The summed E-state index contributed by atoms with van der Waals surface area (Å²) in [7, 11) is 0. The average molecular weight is 306 g/mol. The molecule has 5 heteroatoms. The Kier molecular flexibility index (Phi) is 4.41. The van der Waals surface area contributed by atoms with Gasteiger partial charge in [-0.05, 0) is 24.5 Å². The van der Waals surface area contributed by atoms with E-state index in [9.17, 15) is 0 Å². The average Bonchev–Trinajstić information content (AvgIpc) is 2.64. The number of rotatable bonds is 4. The van der Waals surface area contributed by atoms with E-state index in [4.69, 9.17) is 34.8 Å². The van der Waals surface area contributed by atoms with Gasteiger partial charge in [-0.1, -0.05) is 37.0 Å². The molecule has 1 aromatic heterocycles. The molecule has 0 radical (unpaired) electrons. The van der Waals surface area contributed by atoms with Gasteiger partial charge in [-0.2, -0.15) is 0 Å². The third-order valence-electron chi connectivity index (χ3n) is 2.92. The maximum Gasteiger partial charge on any atom is 0.124 e. The zero-order valence-corrected chi connectivity index (χ0v) is 12.6. The first-order valence-corrected chi connectivity index (χ1v) is 7.22. The van der Waals surface area contributed by atoms with Crippen LogP contribution in [0.15, 0.2) is 12.1 Å². The van der Waals surface area contributed by atoms with Crippen LogP contribution >= 0.6 is 34.8 Å². The molecule has 98 valence electrons. The standard InChI is InChI=1S/C13H15Cl3N2/c1-8(2)3-4-18-12-6-10(16)9(15)5-11(12)17-13(18)7-14/h5-6,8H,3-4,7H2,1-2H3. The first-order chi connectivity index (χ1) is 8.52. The number of aryl methyl sites for hydroxylation is 1. The normalized spacial score (nSPS) is 11.7. The van der Waals surface area contributed by atoms with E-state index >= 15 is 0 Å². The van der Waals surface area contributed by atoms with Crippen LogP contribution in [0.3, 0.4) is 0 Å². The van der Waals surface area contributed by atoms with Crippen molar-refractivity contribution in [3.05, 3.63) is 28.0 Å². The molecule has 0 bridgehead atoms. The van der Waals surface area contributed by atoms with Crippen LogP contribution < -0.4 is 0 Å². The molecule has 0 amide bonds. The fraction of sp³-hybridized carbons (Fsp3) is 0.462. The zero-order valence-electron chi connectivity index (χ0n) is 10.4. The molecule has 0 saturated heterocycles. The van der Waals surface area contributed by atoms with E-state index in [-0.39, 0.29) is 0 Å². The SMILES string of the molecule is CC(C)CCn1c(CCl)nc2cc(Cl)c(Cl)cc21. The van der Waals surface area contributed by atoms with Crippen molar-refractivity contribution >= 4 is 45.8 Å². The lowest BCUT2D eigenvalue weighted by atomic mass is 10.1. The van der Waals surface area contributed by atoms with Crippen LogP contribution in [-0.2, 0) is 12.4 Å². The Balaban J connectivity index is 2.50. The molecule has 0 aliphatic carbocycles. The van der Waals surface area contributed by atoms with Gasteiger partial charge >= 0.3 is 0 Å². The molecule has 2 aromatic rings. The van der Waals surface area contributed by atoms with Crippen molar-refractivity contribution in [1.82, 2.24) is 9.55 Å². The lowest BCUT2D eigenvalue weighted by molar-refractivity contribution is 0.516. The van der Waals surface area contributed by atoms with Crippen molar-refractivity contribution in [1.29, 1.82) is 0 Å². The van der Waals surface area contributed by atoms with Crippen molar-refractivity contribution in [3.8, 4) is 0 Å². The van der Waals surface area contributed by atoms with Gasteiger partial charge in [-0.25, -0.2) is 4.98 Å². The minimum Gasteiger partial charge on any atom is -0.327 e. The zero-order chi connectivity index (χ0) is 13.3. The van der Waals surface area contributed by atoms with Gasteiger partial charge < -0.3 is 4.57 Å². The first kappa shape index (κ1) is 14.0. The molecule has 0 fully saturated rings. The highest BCUT2D eigenvalue weighted by molar-refractivity contribution is 6.42. The fourth-order valence-electron chi connectivity index (χ4n) is 1.91. The van der Waals surface area contributed by atoms with Gasteiger partial charge in [-0.15, -0.1) is 11.6 Å². The third kappa shape index (κ3) is 2.76. The largest absolute Gasteiger partial charge is 0.327 e. The summed E-state index contributed by atoms with van der Waals surface area (Å²) in [5.41, 5.74) is 1.85. The summed E-state index contributed by atoms with van der Waals surface area (Å²) < 4.78 is 2.13. The predicted molar refractivity (Wildman–Crippen MR) is 78.8 cm³/mol. The molecule has 0 aliphatic heterocycles. The van der Waals surface area contributed by atoms with E-state index in [0.717, 1.165) is 29.8 Å². The highest BCUT2D eigenvalue weighted by Crippen LogP contribution is 2.29. The van der Waals surface area contributed by atoms with Crippen molar-refractivity contribution < 1.29 is 0 Å². The monoisotopic (exact) mass is 304 g/mol. The minimum atomic E-state index is 0.391. The molecule has 1 heterocycles. The van der Waals surface area contributed by atoms with Crippen molar-refractivity contribution in [2.24, 2.45) is 5.92 Å². The molecule has 18 heavy (non-hydrogen) atoms. The number of alkyl halides is 1. The number of fused-ring (bicyclic) bond motifs is 1. The van der Waals surface area contributed by atoms with E-state index in [2.05, 4.69) is 23.4 Å². The summed E-state index contributed by atoms with van der Waals surface area (Å²) in [5, 5.41) is 1.08. The van der Waals surface area contributed by atoms with Crippen LogP contribution in [0.25, 0.3) is 11.0 Å². The Hall–Kier alpha value is -0.440. The molecular formula is C13H15Cl3N2. The summed E-state index contributed by atoms with van der Waals surface area (Å²) in [6.45, 7) is 5.29. The summed E-state index contributed by atoms with van der Waals surface area (Å²) >= 11 is 18.0. The highest BCUT2D eigenvalue weighted by atomic mass is 35.5. The summed E-state index contributed by atoms with van der Waals surface area (Å²) in [4.78, 5) is 4.50. The number of nitrogens with zero attached hydrogens (tertiary/aromatic N) is 2. The van der Waals surface area contributed by atoms with Gasteiger partial charge in [0.25, 0.3) is 0 Å². The second kappa shape index (κ2) is 5.68. The molecule has 0 spiro atoms. The molecule has 0 unspecified atom stereocenters. The summed E-state index contributed by atoms with van der Waals surface area (Å²) in [6.07, 6.45) is 1.08. The molecule has 0 atom stereocenters. The lowest BCUT2D eigenvalue weighted by Crippen LogP contribution is -2.05. The molecular weight excluding hydrogens is 291 g/mol. The van der Waals surface area contributed by atoms with E-state index in [1.807, 2.05) is 6.07 Å². The second-order valence-corrected chi connectivity index (χ2v) is 5.83. The number of aromatic nitrogens is 2. The van der Waals surface area contributed by atoms with Gasteiger partial charge in [0.1, 0.15) is 5.82 Å². The minimum absolute atomic E-state index is 0.391. The smallest absolute Gasteiger partial charge is 0.124 e. The fourth-order valence-corrected chi connectivity index (χ4v) is 2.43. The Morgan fingerprint density at radius 1 is 1.22 bits per heavy atom. The van der Waals surface area contributed by atoms with Crippen LogP contribution in [0.1, 0.15) is 26.1 Å². The maximum atomic E-state index is 6.07. The van der Waals surface area contributed by atoms with Crippen LogP contribution in [0, 0.1) is 5.92 Å². The Bertz CT molecular complexity index is 561. The predicted octanol–water partition coefficient (Wildman–Crippen LogP) is 5.13. The van der Waals surface area contributed by atoms with Gasteiger partial charge in [-0.3, -0.25) is 0 Å². The molecule has 0 N–H and O–H groups in total. The van der Waals surface area contributed by atoms with Gasteiger partial charge in [0.05, 0.1) is 27.0 Å². The van der Waals surface area contributed by atoms with Crippen LogP contribution in [0.5, 0.6) is 0 Å².